The Morgan fingerprint density at radius 3 is 2.38 bits per heavy atom. The maximum absolute atomic E-state index is 11.8. The smallest absolute Gasteiger partial charge is 0.326 e. The maximum atomic E-state index is 11.8. The highest BCUT2D eigenvalue weighted by atomic mass is 16.5. The molecule has 0 aromatic rings. The second-order valence-electron chi connectivity index (χ2n) is 5.82. The summed E-state index contributed by atoms with van der Waals surface area (Å²) < 4.78 is 4.84. The number of nitrogens with one attached hydrogen (secondary N) is 2. The van der Waals surface area contributed by atoms with Crippen molar-refractivity contribution >= 4 is 12.0 Å². The lowest BCUT2D eigenvalue weighted by Gasteiger charge is -2.28. The molecular formula is C15H28N2O4. The Balaban J connectivity index is 2.25. The standard InChI is InChI=1S/C15H28N2O4/c1-3-11-4-6-12(7-5-11)10-16-15(20)17-13(14(18)19)8-9-21-2/h11-13H,3-10H2,1-2H3,(H,18,19)(H2,16,17,20). The molecule has 1 fully saturated rings. The van der Waals surface area contributed by atoms with Gasteiger partial charge in [0, 0.05) is 26.7 Å². The van der Waals surface area contributed by atoms with Crippen molar-refractivity contribution in [3.63, 3.8) is 0 Å². The Labute approximate surface area is 126 Å². The Hall–Kier alpha value is -1.30. The van der Waals surface area contributed by atoms with Crippen LogP contribution in [0.2, 0.25) is 0 Å². The monoisotopic (exact) mass is 300 g/mol. The second kappa shape index (κ2) is 9.60. The summed E-state index contributed by atoms with van der Waals surface area (Å²) in [6.45, 7) is 3.15. The molecule has 1 aliphatic carbocycles. The number of amides is 2. The van der Waals surface area contributed by atoms with Crippen molar-refractivity contribution in [1.29, 1.82) is 0 Å². The number of hydrogen-bond acceptors (Lipinski definition) is 3. The molecule has 2 amide bonds. The summed E-state index contributed by atoms with van der Waals surface area (Å²) in [5, 5.41) is 14.3. The first-order valence-electron chi connectivity index (χ1n) is 7.82. The van der Waals surface area contributed by atoms with E-state index >= 15 is 0 Å². The first kappa shape index (κ1) is 17.8. The summed E-state index contributed by atoms with van der Waals surface area (Å²) in [5.74, 6) is 0.312. The van der Waals surface area contributed by atoms with Gasteiger partial charge in [0.15, 0.2) is 0 Å². The van der Waals surface area contributed by atoms with Gasteiger partial charge in [0.25, 0.3) is 0 Å². The highest BCUT2D eigenvalue weighted by Gasteiger charge is 2.22. The van der Waals surface area contributed by atoms with Crippen LogP contribution in [0.25, 0.3) is 0 Å². The molecule has 0 bridgehead atoms. The maximum Gasteiger partial charge on any atom is 0.326 e. The predicted molar refractivity (Wildman–Crippen MR) is 80.2 cm³/mol. The van der Waals surface area contributed by atoms with Gasteiger partial charge in [-0.05, 0) is 24.7 Å². The average Bonchev–Trinajstić information content (AvgIpc) is 2.49. The zero-order valence-electron chi connectivity index (χ0n) is 13.1. The Bertz CT molecular complexity index is 328. The van der Waals surface area contributed by atoms with Crippen LogP contribution in [0.5, 0.6) is 0 Å². The third-order valence-electron chi connectivity index (χ3n) is 4.31. The lowest BCUT2D eigenvalue weighted by molar-refractivity contribution is -0.139. The number of methoxy groups -OCH3 is 1. The topological polar surface area (TPSA) is 87.7 Å². The molecule has 6 nitrogen and oxygen atoms in total. The largest absolute Gasteiger partial charge is 0.480 e. The molecule has 1 saturated carbocycles. The molecule has 3 N–H and O–H groups in total. The molecule has 0 aromatic carbocycles. The van der Waals surface area contributed by atoms with Gasteiger partial charge >= 0.3 is 12.0 Å². The van der Waals surface area contributed by atoms with Crippen LogP contribution in [0.4, 0.5) is 4.79 Å². The van der Waals surface area contributed by atoms with Crippen LogP contribution in [0.1, 0.15) is 45.4 Å². The van der Waals surface area contributed by atoms with Crippen LogP contribution in [0, 0.1) is 11.8 Å². The number of rotatable bonds is 8. The molecule has 0 aliphatic heterocycles. The molecule has 1 aliphatic rings. The normalized spacial score (nSPS) is 23.3. The van der Waals surface area contributed by atoms with E-state index in [1.165, 1.54) is 26.4 Å². The number of ether oxygens (including phenoxy) is 1. The minimum absolute atomic E-state index is 0.265. The number of urea groups is 1. The molecule has 0 saturated heterocycles. The van der Waals surface area contributed by atoms with Crippen LogP contribution in [0.15, 0.2) is 0 Å². The van der Waals surface area contributed by atoms with Gasteiger partial charge in [0.2, 0.25) is 0 Å². The van der Waals surface area contributed by atoms with E-state index in [1.54, 1.807) is 0 Å². The third-order valence-corrected chi connectivity index (χ3v) is 4.31. The zero-order chi connectivity index (χ0) is 15.7. The molecule has 0 spiro atoms. The van der Waals surface area contributed by atoms with E-state index in [0.717, 1.165) is 18.8 Å². The molecule has 6 heteroatoms. The van der Waals surface area contributed by atoms with Gasteiger partial charge in [-0.2, -0.15) is 0 Å². The van der Waals surface area contributed by atoms with E-state index in [-0.39, 0.29) is 6.42 Å². The second-order valence-corrected chi connectivity index (χ2v) is 5.82. The fourth-order valence-corrected chi connectivity index (χ4v) is 2.78. The number of carbonyl (C=O) groups excluding carboxylic acids is 1. The van der Waals surface area contributed by atoms with Crippen LogP contribution < -0.4 is 10.6 Å². The first-order chi connectivity index (χ1) is 10.1. The van der Waals surface area contributed by atoms with Crippen molar-refractivity contribution in [2.24, 2.45) is 11.8 Å². The Kier molecular flexibility index (Phi) is 8.12. The summed E-state index contributed by atoms with van der Waals surface area (Å²) in [5.41, 5.74) is 0. The number of carboxylic acid groups (broad SMARTS) is 1. The van der Waals surface area contributed by atoms with Crippen LogP contribution >= 0.6 is 0 Å². The fourth-order valence-electron chi connectivity index (χ4n) is 2.78. The van der Waals surface area contributed by atoms with E-state index in [9.17, 15) is 9.59 Å². The SMILES string of the molecule is CCC1CCC(CNC(=O)NC(CCOC)C(=O)O)CC1. The average molecular weight is 300 g/mol. The van der Waals surface area contributed by atoms with Crippen molar-refractivity contribution in [3.8, 4) is 0 Å². The van der Waals surface area contributed by atoms with Crippen LogP contribution in [-0.2, 0) is 9.53 Å². The number of aliphatic carboxylic acids is 1. The van der Waals surface area contributed by atoms with Crippen LogP contribution in [-0.4, -0.2) is 43.4 Å². The van der Waals surface area contributed by atoms with Crippen molar-refractivity contribution in [2.75, 3.05) is 20.3 Å². The highest BCUT2D eigenvalue weighted by Crippen LogP contribution is 2.29. The van der Waals surface area contributed by atoms with Crippen molar-refractivity contribution in [2.45, 2.75) is 51.5 Å². The predicted octanol–water partition coefficient (Wildman–Crippen LogP) is 1.99. The summed E-state index contributed by atoms with van der Waals surface area (Å²) in [6, 6.07) is -1.31. The highest BCUT2D eigenvalue weighted by molar-refractivity contribution is 5.82. The Morgan fingerprint density at radius 2 is 1.86 bits per heavy atom. The Morgan fingerprint density at radius 1 is 1.24 bits per heavy atom. The minimum Gasteiger partial charge on any atom is -0.480 e. The van der Waals surface area contributed by atoms with E-state index in [4.69, 9.17) is 9.84 Å². The summed E-state index contributed by atoms with van der Waals surface area (Å²) in [6.07, 6.45) is 6.25. The van der Waals surface area contributed by atoms with Crippen molar-refractivity contribution < 1.29 is 19.4 Å². The van der Waals surface area contributed by atoms with Gasteiger partial charge in [0.05, 0.1) is 0 Å². The van der Waals surface area contributed by atoms with Crippen molar-refractivity contribution in [3.05, 3.63) is 0 Å². The van der Waals surface area contributed by atoms with Gasteiger partial charge in [-0.3, -0.25) is 0 Å². The number of carbonyl (C=O) groups is 2. The summed E-state index contributed by atoms with van der Waals surface area (Å²) in [4.78, 5) is 22.8. The minimum atomic E-state index is -1.04. The lowest BCUT2D eigenvalue weighted by atomic mass is 9.81. The molecule has 0 heterocycles. The summed E-state index contributed by atoms with van der Waals surface area (Å²) in [7, 11) is 1.51. The van der Waals surface area contributed by atoms with Crippen LogP contribution in [0.3, 0.4) is 0 Å². The van der Waals surface area contributed by atoms with E-state index in [1.807, 2.05) is 0 Å². The molecule has 1 atom stereocenters. The quantitative estimate of drug-likeness (QED) is 0.639. The molecule has 0 radical (unpaired) electrons. The number of carboxylic acids is 1. The molecule has 1 unspecified atom stereocenters. The molecule has 1 rings (SSSR count). The molecule has 21 heavy (non-hydrogen) atoms. The van der Waals surface area contributed by atoms with Gasteiger partial charge in [-0.25, -0.2) is 9.59 Å². The first-order valence-corrected chi connectivity index (χ1v) is 7.82. The lowest BCUT2D eigenvalue weighted by Crippen LogP contribution is -2.47. The van der Waals surface area contributed by atoms with E-state index < -0.39 is 18.0 Å². The number of hydrogen-bond donors (Lipinski definition) is 3. The van der Waals surface area contributed by atoms with E-state index in [0.29, 0.717) is 19.1 Å². The summed E-state index contributed by atoms with van der Waals surface area (Å²) >= 11 is 0. The van der Waals surface area contributed by atoms with Gasteiger partial charge in [-0.15, -0.1) is 0 Å². The fraction of sp³-hybridized carbons (Fsp3) is 0.867. The van der Waals surface area contributed by atoms with Gasteiger partial charge in [0.1, 0.15) is 6.04 Å². The molecule has 0 aromatic heterocycles. The zero-order valence-corrected chi connectivity index (χ0v) is 13.1. The third kappa shape index (κ3) is 6.80. The van der Waals surface area contributed by atoms with Crippen molar-refractivity contribution in [1.82, 2.24) is 10.6 Å². The molecule has 122 valence electrons. The van der Waals surface area contributed by atoms with E-state index in [2.05, 4.69) is 17.6 Å². The molecular weight excluding hydrogens is 272 g/mol. The van der Waals surface area contributed by atoms with Gasteiger partial charge < -0.3 is 20.5 Å². The van der Waals surface area contributed by atoms with Gasteiger partial charge in [-0.1, -0.05) is 26.2 Å².